The molecule has 0 aromatic carbocycles. The topological polar surface area (TPSA) is 38.3 Å². The number of carbonyl (C=O) groups excluding carboxylic acids is 1. The van der Waals surface area contributed by atoms with Crippen molar-refractivity contribution in [1.82, 2.24) is 4.72 Å². The summed E-state index contributed by atoms with van der Waals surface area (Å²) in [5, 5.41) is 0. The van der Waals surface area contributed by atoms with Crippen molar-refractivity contribution in [3.63, 3.8) is 0 Å². The van der Waals surface area contributed by atoms with Crippen LogP contribution in [0.25, 0.3) is 0 Å². The number of allylic oxidation sites excluding steroid dienone is 1. The largest absolute Gasteiger partial charge is 0.464 e. The summed E-state index contributed by atoms with van der Waals surface area (Å²) in [6.45, 7) is 7.24. The van der Waals surface area contributed by atoms with Gasteiger partial charge in [-0.2, -0.15) is 13.2 Å². The number of halogens is 3. The van der Waals surface area contributed by atoms with E-state index in [2.05, 4.69) is 11.3 Å². The fourth-order valence-corrected chi connectivity index (χ4v) is 2.01. The molecule has 0 radical (unpaired) electrons. The molecule has 0 spiro atoms. The maximum absolute atomic E-state index is 12.0. The maximum atomic E-state index is 12.0. The zero-order valence-corrected chi connectivity index (χ0v) is 12.0. The van der Waals surface area contributed by atoms with E-state index in [4.69, 9.17) is 4.74 Å². The number of carbonyl (C=O) groups is 1. The van der Waals surface area contributed by atoms with Gasteiger partial charge < -0.3 is 4.74 Å². The minimum Gasteiger partial charge on any atom is -0.464 e. The van der Waals surface area contributed by atoms with Gasteiger partial charge in [-0.15, -0.1) is 6.58 Å². The molecule has 0 aliphatic carbocycles. The summed E-state index contributed by atoms with van der Waals surface area (Å²) in [5.41, 5.74) is -4.94. The van der Waals surface area contributed by atoms with Gasteiger partial charge in [-0.25, -0.2) is 0 Å². The number of ether oxygens (including phenoxy) is 1. The Labute approximate surface area is 116 Å². The quantitative estimate of drug-likeness (QED) is 0.305. The summed E-state index contributed by atoms with van der Waals surface area (Å²) in [7, 11) is 0. The Kier molecular flexibility index (Phi) is 8.17. The van der Waals surface area contributed by atoms with Gasteiger partial charge in [0.2, 0.25) is 0 Å². The van der Waals surface area contributed by atoms with Crippen LogP contribution in [0.3, 0.4) is 0 Å². The molecule has 19 heavy (non-hydrogen) atoms. The normalized spacial score (nSPS) is 12.3. The molecule has 0 fully saturated rings. The molecule has 0 atom stereocenters. The van der Waals surface area contributed by atoms with Gasteiger partial charge in [-0.3, -0.25) is 9.52 Å². The predicted molar refractivity (Wildman–Crippen MR) is 70.4 cm³/mol. The van der Waals surface area contributed by atoms with Crippen LogP contribution in [0.2, 0.25) is 0 Å². The summed E-state index contributed by atoms with van der Waals surface area (Å²) in [4.78, 5) is 12.0. The van der Waals surface area contributed by atoms with Crippen LogP contribution in [-0.2, 0) is 9.53 Å². The van der Waals surface area contributed by atoms with Crippen LogP contribution < -0.4 is 4.72 Å². The Hall–Kier alpha value is -0.690. The lowest BCUT2D eigenvalue weighted by molar-refractivity contribution is -0.156. The zero-order valence-electron chi connectivity index (χ0n) is 11.2. The molecule has 0 saturated heterocycles. The van der Waals surface area contributed by atoms with Gasteiger partial charge in [-0.1, -0.05) is 19.9 Å². The molecular weight excluding hydrogens is 279 g/mol. The Morgan fingerprint density at radius 2 is 1.95 bits per heavy atom. The van der Waals surface area contributed by atoms with E-state index in [0.717, 1.165) is 0 Å². The third kappa shape index (κ3) is 6.87. The molecule has 0 saturated carbocycles. The Bertz CT molecular complexity index is 291. The standard InChI is InChI=1S/C12H20F3NO2S/c1-4-7-11(5-2,6-3)10(17)18-9-8-16-19-12(13,14)15/h4,16H,1,5-9H2,2-3H3. The summed E-state index contributed by atoms with van der Waals surface area (Å²) in [6, 6.07) is 0. The predicted octanol–water partition coefficient (Wildman–Crippen LogP) is 3.67. The molecule has 0 aromatic rings. The highest BCUT2D eigenvalue weighted by Gasteiger charge is 2.35. The molecule has 0 rings (SSSR count). The molecule has 3 nitrogen and oxygen atoms in total. The van der Waals surface area contributed by atoms with Gasteiger partial charge >= 0.3 is 11.5 Å². The molecule has 1 N–H and O–H groups in total. The van der Waals surface area contributed by atoms with Crippen molar-refractivity contribution in [1.29, 1.82) is 0 Å². The van der Waals surface area contributed by atoms with E-state index in [9.17, 15) is 18.0 Å². The minimum absolute atomic E-state index is 0.0481. The highest BCUT2D eigenvalue weighted by Crippen LogP contribution is 2.32. The van der Waals surface area contributed by atoms with Crippen molar-refractivity contribution >= 4 is 17.9 Å². The molecule has 7 heteroatoms. The third-order valence-electron chi connectivity index (χ3n) is 2.95. The Balaban J connectivity index is 4.11. The third-order valence-corrected chi connectivity index (χ3v) is 3.53. The van der Waals surface area contributed by atoms with Crippen molar-refractivity contribution in [2.75, 3.05) is 13.2 Å². The first-order valence-electron chi connectivity index (χ1n) is 6.07. The number of esters is 1. The Morgan fingerprint density at radius 3 is 2.37 bits per heavy atom. The summed E-state index contributed by atoms with van der Waals surface area (Å²) in [6.07, 6.45) is 3.38. The van der Waals surface area contributed by atoms with Crippen LogP contribution in [0.4, 0.5) is 13.2 Å². The fraction of sp³-hybridized carbons (Fsp3) is 0.750. The van der Waals surface area contributed by atoms with Gasteiger partial charge in [0.1, 0.15) is 6.61 Å². The van der Waals surface area contributed by atoms with E-state index in [1.54, 1.807) is 6.08 Å². The first-order chi connectivity index (χ1) is 8.81. The van der Waals surface area contributed by atoms with E-state index >= 15 is 0 Å². The van der Waals surface area contributed by atoms with Crippen LogP contribution in [-0.4, -0.2) is 24.6 Å². The molecular formula is C12H20F3NO2S. The molecule has 0 amide bonds. The van der Waals surface area contributed by atoms with Gasteiger partial charge in [0.25, 0.3) is 0 Å². The smallest absolute Gasteiger partial charge is 0.456 e. The van der Waals surface area contributed by atoms with Crippen LogP contribution in [0, 0.1) is 5.41 Å². The van der Waals surface area contributed by atoms with Crippen molar-refractivity contribution in [3.05, 3.63) is 12.7 Å². The second-order valence-corrected chi connectivity index (χ2v) is 5.01. The molecule has 112 valence electrons. The number of alkyl halides is 3. The average Bonchev–Trinajstić information content (AvgIpc) is 2.34. The lowest BCUT2D eigenvalue weighted by Gasteiger charge is -2.27. The van der Waals surface area contributed by atoms with Crippen LogP contribution >= 0.6 is 11.9 Å². The molecule has 0 unspecified atom stereocenters. The van der Waals surface area contributed by atoms with Crippen molar-refractivity contribution in [3.8, 4) is 0 Å². The van der Waals surface area contributed by atoms with Gasteiger partial charge in [0.15, 0.2) is 0 Å². The summed E-state index contributed by atoms with van der Waals surface area (Å²) >= 11 is -0.343. The van der Waals surface area contributed by atoms with Crippen molar-refractivity contribution < 1.29 is 22.7 Å². The van der Waals surface area contributed by atoms with E-state index in [0.29, 0.717) is 19.3 Å². The number of rotatable bonds is 9. The second-order valence-electron chi connectivity index (χ2n) is 4.06. The monoisotopic (exact) mass is 299 g/mol. The lowest BCUT2D eigenvalue weighted by atomic mass is 9.79. The summed E-state index contributed by atoms with van der Waals surface area (Å²) in [5.74, 6) is -0.379. The molecule has 0 aromatic heterocycles. The lowest BCUT2D eigenvalue weighted by Crippen LogP contribution is -2.33. The maximum Gasteiger partial charge on any atom is 0.456 e. The van der Waals surface area contributed by atoms with Gasteiger partial charge in [0.05, 0.1) is 5.41 Å². The van der Waals surface area contributed by atoms with E-state index in [1.165, 1.54) is 0 Å². The number of hydrogen-bond acceptors (Lipinski definition) is 4. The number of nitrogens with one attached hydrogen (secondary N) is 1. The highest BCUT2D eigenvalue weighted by molar-refractivity contribution is 7.98. The van der Waals surface area contributed by atoms with E-state index < -0.39 is 10.9 Å². The first kappa shape index (κ1) is 18.3. The zero-order chi connectivity index (χ0) is 14.9. The molecule has 0 aliphatic heterocycles. The van der Waals surface area contributed by atoms with E-state index in [-0.39, 0.29) is 31.1 Å². The van der Waals surface area contributed by atoms with Crippen LogP contribution in [0.5, 0.6) is 0 Å². The highest BCUT2D eigenvalue weighted by atomic mass is 32.2. The second kappa shape index (κ2) is 8.47. The van der Waals surface area contributed by atoms with Gasteiger partial charge in [-0.05, 0) is 19.3 Å². The van der Waals surface area contributed by atoms with E-state index in [1.807, 2.05) is 13.8 Å². The molecule has 0 heterocycles. The van der Waals surface area contributed by atoms with Crippen molar-refractivity contribution in [2.45, 2.75) is 38.6 Å². The number of hydrogen-bond donors (Lipinski definition) is 1. The van der Waals surface area contributed by atoms with Crippen LogP contribution in [0.15, 0.2) is 12.7 Å². The van der Waals surface area contributed by atoms with Gasteiger partial charge in [0, 0.05) is 18.5 Å². The van der Waals surface area contributed by atoms with Crippen LogP contribution in [0.1, 0.15) is 33.1 Å². The Morgan fingerprint density at radius 1 is 1.37 bits per heavy atom. The molecule has 0 aliphatic rings. The SMILES string of the molecule is C=CCC(CC)(CC)C(=O)OCCNSC(F)(F)F. The fourth-order valence-electron chi connectivity index (χ4n) is 1.66. The average molecular weight is 299 g/mol. The molecule has 0 bridgehead atoms. The first-order valence-corrected chi connectivity index (χ1v) is 6.88. The van der Waals surface area contributed by atoms with Crippen molar-refractivity contribution in [2.24, 2.45) is 5.41 Å². The summed E-state index contributed by atoms with van der Waals surface area (Å²) < 4.78 is 42.6. The minimum atomic E-state index is -4.33.